The SMILES string of the molecule is C[C@@H](Nc1ccc(N2CCCC2=O)cc1)C(=O)Nc1ccc(OCc2ccccc2)cc1. The highest BCUT2D eigenvalue weighted by molar-refractivity contribution is 5.97. The largest absolute Gasteiger partial charge is 0.489 e. The zero-order valence-electron chi connectivity index (χ0n) is 18.1. The summed E-state index contributed by atoms with van der Waals surface area (Å²) in [5, 5.41) is 6.12. The van der Waals surface area contributed by atoms with Crippen LogP contribution in [0.5, 0.6) is 5.75 Å². The highest BCUT2D eigenvalue weighted by atomic mass is 16.5. The van der Waals surface area contributed by atoms with Gasteiger partial charge in [0.1, 0.15) is 18.4 Å². The van der Waals surface area contributed by atoms with E-state index < -0.39 is 6.04 Å². The van der Waals surface area contributed by atoms with E-state index in [9.17, 15) is 9.59 Å². The number of ether oxygens (including phenoxy) is 1. The lowest BCUT2D eigenvalue weighted by Gasteiger charge is -2.18. The van der Waals surface area contributed by atoms with Crippen LogP contribution in [0.2, 0.25) is 0 Å². The van der Waals surface area contributed by atoms with Crippen molar-refractivity contribution in [1.82, 2.24) is 0 Å². The van der Waals surface area contributed by atoms with E-state index in [4.69, 9.17) is 4.74 Å². The molecule has 1 aliphatic heterocycles. The first-order valence-corrected chi connectivity index (χ1v) is 10.8. The van der Waals surface area contributed by atoms with Crippen molar-refractivity contribution in [3.05, 3.63) is 84.4 Å². The van der Waals surface area contributed by atoms with E-state index in [0.29, 0.717) is 18.7 Å². The normalized spacial score (nSPS) is 14.2. The van der Waals surface area contributed by atoms with E-state index in [1.165, 1.54) is 0 Å². The molecule has 1 aliphatic rings. The number of carbonyl (C=O) groups is 2. The molecule has 0 bridgehead atoms. The molecule has 2 amide bonds. The Balaban J connectivity index is 1.27. The number of hydrogen-bond donors (Lipinski definition) is 2. The van der Waals surface area contributed by atoms with Gasteiger partial charge in [-0.15, -0.1) is 0 Å². The average molecular weight is 430 g/mol. The van der Waals surface area contributed by atoms with Gasteiger partial charge in [0.25, 0.3) is 0 Å². The van der Waals surface area contributed by atoms with Gasteiger partial charge in [0, 0.05) is 30.0 Å². The highest BCUT2D eigenvalue weighted by Crippen LogP contribution is 2.23. The van der Waals surface area contributed by atoms with Gasteiger partial charge in [0.2, 0.25) is 11.8 Å². The Kier molecular flexibility index (Phi) is 6.70. The topological polar surface area (TPSA) is 70.7 Å². The van der Waals surface area contributed by atoms with Crippen molar-refractivity contribution < 1.29 is 14.3 Å². The van der Waals surface area contributed by atoms with Crippen LogP contribution in [0, 0.1) is 0 Å². The maximum absolute atomic E-state index is 12.6. The molecule has 1 saturated heterocycles. The molecular weight excluding hydrogens is 402 g/mol. The number of rotatable bonds is 8. The lowest BCUT2D eigenvalue weighted by molar-refractivity contribution is -0.117. The summed E-state index contributed by atoms with van der Waals surface area (Å²) in [6.07, 6.45) is 1.51. The molecule has 2 N–H and O–H groups in total. The van der Waals surface area contributed by atoms with Gasteiger partial charge in [-0.3, -0.25) is 9.59 Å². The summed E-state index contributed by atoms with van der Waals surface area (Å²) in [4.78, 5) is 26.2. The van der Waals surface area contributed by atoms with Crippen molar-refractivity contribution in [3.8, 4) is 5.75 Å². The molecular formula is C26H27N3O3. The molecule has 0 aliphatic carbocycles. The monoisotopic (exact) mass is 429 g/mol. The van der Waals surface area contributed by atoms with Crippen LogP contribution in [-0.4, -0.2) is 24.4 Å². The third kappa shape index (κ3) is 5.46. The molecule has 3 aromatic rings. The fourth-order valence-electron chi connectivity index (χ4n) is 3.60. The van der Waals surface area contributed by atoms with E-state index >= 15 is 0 Å². The zero-order valence-corrected chi connectivity index (χ0v) is 18.1. The predicted octanol–water partition coefficient (Wildman–Crippen LogP) is 4.83. The molecule has 32 heavy (non-hydrogen) atoms. The summed E-state index contributed by atoms with van der Waals surface area (Å²) in [5.41, 5.74) is 3.53. The summed E-state index contributed by atoms with van der Waals surface area (Å²) >= 11 is 0. The molecule has 6 nitrogen and oxygen atoms in total. The van der Waals surface area contributed by atoms with Gasteiger partial charge in [-0.1, -0.05) is 30.3 Å². The zero-order chi connectivity index (χ0) is 22.3. The Bertz CT molecular complexity index is 1050. The van der Waals surface area contributed by atoms with Crippen LogP contribution in [0.15, 0.2) is 78.9 Å². The van der Waals surface area contributed by atoms with E-state index in [1.54, 1.807) is 4.90 Å². The number of anilines is 3. The van der Waals surface area contributed by atoms with Crippen molar-refractivity contribution in [1.29, 1.82) is 0 Å². The lowest BCUT2D eigenvalue weighted by atomic mass is 10.2. The average Bonchev–Trinajstić information content (AvgIpc) is 3.25. The first-order chi connectivity index (χ1) is 15.6. The van der Waals surface area contributed by atoms with E-state index in [0.717, 1.165) is 35.7 Å². The minimum Gasteiger partial charge on any atom is -0.489 e. The number of amides is 2. The maximum Gasteiger partial charge on any atom is 0.246 e. The van der Waals surface area contributed by atoms with Crippen molar-refractivity contribution in [3.63, 3.8) is 0 Å². The van der Waals surface area contributed by atoms with Crippen LogP contribution < -0.4 is 20.3 Å². The Morgan fingerprint density at radius 1 is 0.969 bits per heavy atom. The quantitative estimate of drug-likeness (QED) is 0.538. The molecule has 1 atom stereocenters. The van der Waals surface area contributed by atoms with Crippen molar-refractivity contribution in [2.75, 3.05) is 22.1 Å². The molecule has 0 aromatic heterocycles. The molecule has 1 heterocycles. The molecule has 4 rings (SSSR count). The smallest absolute Gasteiger partial charge is 0.246 e. The number of benzene rings is 3. The van der Waals surface area contributed by atoms with E-state index in [2.05, 4.69) is 10.6 Å². The van der Waals surface area contributed by atoms with E-state index in [-0.39, 0.29) is 11.8 Å². The second-order valence-corrected chi connectivity index (χ2v) is 7.85. The molecule has 0 unspecified atom stereocenters. The van der Waals surface area contributed by atoms with Crippen molar-refractivity contribution >= 4 is 28.9 Å². The van der Waals surface area contributed by atoms with Gasteiger partial charge in [-0.05, 0) is 67.4 Å². The summed E-state index contributed by atoms with van der Waals surface area (Å²) < 4.78 is 5.78. The van der Waals surface area contributed by atoms with Crippen molar-refractivity contribution in [2.45, 2.75) is 32.4 Å². The molecule has 6 heteroatoms. The Morgan fingerprint density at radius 2 is 1.66 bits per heavy atom. The predicted molar refractivity (Wildman–Crippen MR) is 127 cm³/mol. The first kappa shape index (κ1) is 21.4. The first-order valence-electron chi connectivity index (χ1n) is 10.8. The van der Waals surface area contributed by atoms with Crippen LogP contribution in [0.4, 0.5) is 17.1 Å². The minimum absolute atomic E-state index is 0.137. The number of hydrogen-bond acceptors (Lipinski definition) is 4. The molecule has 0 spiro atoms. The van der Waals surface area contributed by atoms with Crippen molar-refractivity contribution in [2.24, 2.45) is 0 Å². The third-order valence-corrected chi connectivity index (χ3v) is 5.40. The van der Waals surface area contributed by atoms with Crippen LogP contribution in [0.3, 0.4) is 0 Å². The van der Waals surface area contributed by atoms with E-state index in [1.807, 2.05) is 85.8 Å². The number of nitrogens with zero attached hydrogens (tertiary/aromatic N) is 1. The van der Waals surface area contributed by atoms with Crippen LogP contribution in [0.1, 0.15) is 25.3 Å². The molecule has 164 valence electrons. The number of carbonyl (C=O) groups excluding carboxylic acids is 2. The summed E-state index contributed by atoms with van der Waals surface area (Å²) in [5.74, 6) is 0.770. The van der Waals surface area contributed by atoms with Gasteiger partial charge < -0.3 is 20.3 Å². The summed E-state index contributed by atoms with van der Waals surface area (Å²) in [6, 6.07) is 24.5. The fourth-order valence-corrected chi connectivity index (χ4v) is 3.60. The second kappa shape index (κ2) is 10.0. The van der Waals surface area contributed by atoms with Gasteiger partial charge in [0.05, 0.1) is 0 Å². The minimum atomic E-state index is -0.428. The van der Waals surface area contributed by atoms with Gasteiger partial charge in [-0.25, -0.2) is 0 Å². The molecule has 0 saturated carbocycles. The van der Waals surface area contributed by atoms with Gasteiger partial charge >= 0.3 is 0 Å². The highest BCUT2D eigenvalue weighted by Gasteiger charge is 2.21. The summed E-state index contributed by atoms with van der Waals surface area (Å²) in [6.45, 7) is 3.07. The standard InChI is InChI=1S/C26H27N3O3/c1-19(27-21-9-13-23(14-10-21)29-17-5-8-25(29)30)26(31)28-22-11-15-24(16-12-22)32-18-20-6-3-2-4-7-20/h2-4,6-7,9-16,19,27H,5,8,17-18H2,1H3,(H,28,31)/t19-/m1/s1. The van der Waals surface area contributed by atoms with Gasteiger partial charge in [-0.2, -0.15) is 0 Å². The van der Waals surface area contributed by atoms with Crippen LogP contribution in [-0.2, 0) is 16.2 Å². The Hall–Kier alpha value is -3.80. The Morgan fingerprint density at radius 3 is 2.31 bits per heavy atom. The van der Waals surface area contributed by atoms with Crippen LogP contribution in [0.25, 0.3) is 0 Å². The summed E-state index contributed by atoms with van der Waals surface area (Å²) in [7, 11) is 0. The Labute approximate surface area is 188 Å². The number of nitrogens with one attached hydrogen (secondary N) is 2. The second-order valence-electron chi connectivity index (χ2n) is 7.85. The van der Waals surface area contributed by atoms with Gasteiger partial charge in [0.15, 0.2) is 0 Å². The molecule has 3 aromatic carbocycles. The molecule has 0 radical (unpaired) electrons. The van der Waals surface area contributed by atoms with Crippen LogP contribution >= 0.6 is 0 Å². The third-order valence-electron chi connectivity index (χ3n) is 5.40. The fraction of sp³-hybridized carbons (Fsp3) is 0.231. The molecule has 1 fully saturated rings. The lowest BCUT2D eigenvalue weighted by Crippen LogP contribution is -2.31. The maximum atomic E-state index is 12.6.